The van der Waals surface area contributed by atoms with Crippen molar-refractivity contribution in [2.45, 2.75) is 19.6 Å². The van der Waals surface area contributed by atoms with Gasteiger partial charge in [0.15, 0.2) is 4.77 Å². The Kier molecular flexibility index (Phi) is 3.50. The number of hydrogen-bond donors (Lipinski definition) is 1. The molecule has 92 valence electrons. The smallest absolute Gasteiger partial charge is 0.199 e. The fraction of sp³-hybridized carbons (Fsp3) is 0.231. The Hall–Kier alpha value is -1.64. The minimum atomic E-state index is -1.38. The molecule has 0 aliphatic carbocycles. The highest BCUT2D eigenvalue weighted by Gasteiger charge is 2.08. The molecular formula is C13H15N3SSi. The predicted octanol–water partition coefficient (Wildman–Crippen LogP) is 3.16. The number of H-pyrrole nitrogens is 1. The maximum absolute atomic E-state index is 5.19. The van der Waals surface area contributed by atoms with Gasteiger partial charge in [0.05, 0.1) is 5.69 Å². The summed E-state index contributed by atoms with van der Waals surface area (Å²) in [6.07, 6.45) is 1.68. The fourth-order valence-corrected chi connectivity index (χ4v) is 2.17. The average Bonchev–Trinajstić information content (AvgIpc) is 2.72. The molecule has 0 saturated heterocycles. The second-order valence-electron chi connectivity index (χ2n) is 5.05. The Labute approximate surface area is 113 Å². The van der Waals surface area contributed by atoms with Crippen LogP contribution in [0.4, 0.5) is 0 Å². The number of rotatable bonds is 1. The van der Waals surface area contributed by atoms with Crippen LogP contribution in [0.2, 0.25) is 19.6 Å². The van der Waals surface area contributed by atoms with Crippen molar-refractivity contribution in [2.24, 2.45) is 0 Å². The van der Waals surface area contributed by atoms with E-state index in [0.29, 0.717) is 4.77 Å². The highest BCUT2D eigenvalue weighted by molar-refractivity contribution is 7.71. The van der Waals surface area contributed by atoms with E-state index < -0.39 is 8.07 Å². The van der Waals surface area contributed by atoms with Crippen LogP contribution < -0.4 is 0 Å². The van der Waals surface area contributed by atoms with Gasteiger partial charge in [-0.2, -0.15) is 5.10 Å². The molecular weight excluding hydrogens is 258 g/mol. The zero-order chi connectivity index (χ0) is 13.2. The van der Waals surface area contributed by atoms with Crippen molar-refractivity contribution in [3.8, 4) is 17.2 Å². The summed E-state index contributed by atoms with van der Waals surface area (Å²) in [5.41, 5.74) is 5.33. The van der Waals surface area contributed by atoms with Gasteiger partial charge in [-0.25, -0.2) is 0 Å². The molecule has 0 spiro atoms. The molecule has 0 radical (unpaired) electrons. The van der Waals surface area contributed by atoms with Crippen LogP contribution in [-0.2, 0) is 0 Å². The minimum absolute atomic E-state index is 0.581. The Morgan fingerprint density at radius 3 is 2.61 bits per heavy atom. The number of para-hydroxylation sites is 1. The van der Waals surface area contributed by atoms with Gasteiger partial charge in [0, 0.05) is 5.56 Å². The lowest BCUT2D eigenvalue weighted by Crippen LogP contribution is -2.16. The summed E-state index contributed by atoms with van der Waals surface area (Å²) in [5, 5.41) is 6.70. The summed E-state index contributed by atoms with van der Waals surface area (Å²) in [6.45, 7) is 6.68. The number of nitrogens with zero attached hydrogens (tertiary/aromatic N) is 2. The molecule has 5 heteroatoms. The maximum atomic E-state index is 5.19. The zero-order valence-electron chi connectivity index (χ0n) is 10.7. The molecule has 0 saturated carbocycles. The first-order valence-corrected chi connectivity index (χ1v) is 9.63. The van der Waals surface area contributed by atoms with Crippen LogP contribution in [-0.4, -0.2) is 22.8 Å². The van der Waals surface area contributed by atoms with E-state index in [1.165, 1.54) is 0 Å². The monoisotopic (exact) mass is 273 g/mol. The van der Waals surface area contributed by atoms with Crippen molar-refractivity contribution in [3.05, 3.63) is 40.9 Å². The van der Waals surface area contributed by atoms with E-state index in [9.17, 15) is 0 Å². The van der Waals surface area contributed by atoms with Gasteiger partial charge in [0.25, 0.3) is 0 Å². The lowest BCUT2D eigenvalue weighted by molar-refractivity contribution is 1.03. The van der Waals surface area contributed by atoms with E-state index in [2.05, 4.69) is 41.3 Å². The fourth-order valence-electron chi connectivity index (χ4n) is 1.46. The lowest BCUT2D eigenvalue weighted by Gasteiger charge is -2.06. The Morgan fingerprint density at radius 1 is 1.28 bits per heavy atom. The molecule has 0 aliphatic rings. The second-order valence-corrected chi connectivity index (χ2v) is 10.2. The lowest BCUT2D eigenvalue weighted by atomic mass is 10.2. The molecule has 3 nitrogen and oxygen atoms in total. The number of hydrogen-bond acceptors (Lipinski definition) is 2. The van der Waals surface area contributed by atoms with Gasteiger partial charge in [0.1, 0.15) is 14.4 Å². The highest BCUT2D eigenvalue weighted by atomic mass is 32.1. The topological polar surface area (TPSA) is 33.6 Å². The zero-order valence-corrected chi connectivity index (χ0v) is 12.5. The molecule has 0 aliphatic heterocycles. The Balaban J connectivity index is 2.53. The summed E-state index contributed by atoms with van der Waals surface area (Å²) < 4.78 is 2.42. The third-order valence-corrected chi connectivity index (χ3v) is 3.45. The van der Waals surface area contributed by atoms with Crippen LogP contribution in [0.25, 0.3) is 5.69 Å². The number of nitrogens with one attached hydrogen (secondary N) is 1. The molecule has 2 aromatic rings. The van der Waals surface area contributed by atoms with Crippen molar-refractivity contribution in [3.63, 3.8) is 0 Å². The largest absolute Gasteiger partial charge is 0.273 e. The van der Waals surface area contributed by atoms with Gasteiger partial charge in [-0.1, -0.05) is 37.7 Å². The normalized spacial score (nSPS) is 10.8. The van der Waals surface area contributed by atoms with Crippen LogP contribution in [0, 0.1) is 16.2 Å². The van der Waals surface area contributed by atoms with Gasteiger partial charge in [-0.15, -0.1) is 5.54 Å². The van der Waals surface area contributed by atoms with E-state index in [0.717, 1.165) is 11.3 Å². The molecule has 1 aromatic heterocycles. The summed E-state index contributed by atoms with van der Waals surface area (Å²) in [6, 6.07) is 7.97. The van der Waals surface area contributed by atoms with Gasteiger partial charge >= 0.3 is 0 Å². The standard InChI is InChI=1S/C13H15N3SSi/c1-18(2,3)9-8-11-6-4-5-7-12(11)16-10-14-15-13(16)17/h4-7,10H,1-3H3,(H,15,17). The molecule has 0 unspecified atom stereocenters. The van der Waals surface area contributed by atoms with Gasteiger partial charge in [-0.3, -0.25) is 9.67 Å². The van der Waals surface area contributed by atoms with E-state index in [-0.39, 0.29) is 0 Å². The number of benzene rings is 1. The molecule has 1 aromatic carbocycles. The van der Waals surface area contributed by atoms with Crippen LogP contribution >= 0.6 is 12.2 Å². The first-order chi connectivity index (χ1) is 8.47. The van der Waals surface area contributed by atoms with Gasteiger partial charge in [0.2, 0.25) is 0 Å². The Bertz CT molecular complexity index is 668. The van der Waals surface area contributed by atoms with Crippen molar-refractivity contribution in [2.75, 3.05) is 0 Å². The molecule has 1 heterocycles. The van der Waals surface area contributed by atoms with Gasteiger partial charge < -0.3 is 0 Å². The molecule has 0 bridgehead atoms. The number of aromatic nitrogens is 3. The average molecular weight is 273 g/mol. The highest BCUT2D eigenvalue weighted by Crippen LogP contribution is 2.13. The van der Waals surface area contributed by atoms with Crippen LogP contribution in [0.3, 0.4) is 0 Å². The predicted molar refractivity (Wildman–Crippen MR) is 79.0 cm³/mol. The molecule has 18 heavy (non-hydrogen) atoms. The summed E-state index contributed by atoms with van der Waals surface area (Å²) in [5.74, 6) is 3.27. The minimum Gasteiger partial charge on any atom is -0.273 e. The number of aromatic amines is 1. The van der Waals surface area contributed by atoms with E-state index >= 15 is 0 Å². The third kappa shape index (κ3) is 2.97. The third-order valence-electron chi connectivity index (χ3n) is 2.29. The Morgan fingerprint density at radius 2 is 2.00 bits per heavy atom. The van der Waals surface area contributed by atoms with Crippen molar-refractivity contribution >= 4 is 20.3 Å². The SMILES string of the molecule is C[Si](C)(C)C#Cc1ccccc1-n1cn[nH]c1=S. The molecule has 1 N–H and O–H groups in total. The first-order valence-electron chi connectivity index (χ1n) is 5.72. The summed E-state index contributed by atoms with van der Waals surface area (Å²) >= 11 is 5.19. The quantitative estimate of drug-likeness (QED) is 0.492. The van der Waals surface area contributed by atoms with Crippen molar-refractivity contribution in [1.82, 2.24) is 14.8 Å². The van der Waals surface area contributed by atoms with E-state index in [4.69, 9.17) is 12.2 Å². The molecule has 0 atom stereocenters. The van der Waals surface area contributed by atoms with Crippen molar-refractivity contribution in [1.29, 1.82) is 0 Å². The van der Waals surface area contributed by atoms with Crippen LogP contribution in [0.5, 0.6) is 0 Å². The maximum Gasteiger partial charge on any atom is 0.199 e. The van der Waals surface area contributed by atoms with Crippen LogP contribution in [0.1, 0.15) is 5.56 Å². The second kappa shape index (κ2) is 4.92. The molecule has 2 rings (SSSR count). The van der Waals surface area contributed by atoms with E-state index in [1.54, 1.807) is 6.33 Å². The summed E-state index contributed by atoms with van der Waals surface area (Å²) in [7, 11) is -1.38. The first kappa shape index (κ1) is 12.8. The van der Waals surface area contributed by atoms with Crippen molar-refractivity contribution < 1.29 is 0 Å². The molecule has 0 fully saturated rings. The van der Waals surface area contributed by atoms with Gasteiger partial charge in [-0.05, 0) is 24.4 Å². The molecule has 0 amide bonds. The van der Waals surface area contributed by atoms with Crippen LogP contribution in [0.15, 0.2) is 30.6 Å². The van der Waals surface area contributed by atoms with E-state index in [1.807, 2.05) is 28.8 Å². The summed E-state index contributed by atoms with van der Waals surface area (Å²) in [4.78, 5) is 0.